The zero-order valence-electron chi connectivity index (χ0n) is 19.9. The molecule has 1 aliphatic heterocycles. The Bertz CT molecular complexity index is 821. The number of ether oxygens (including phenoxy) is 3. The van der Waals surface area contributed by atoms with Crippen LogP contribution in [0.3, 0.4) is 0 Å². The Balaban J connectivity index is 3.26. The standard InChI is InChI=1S/C20H26O16/c1-11(21)30-28-10-15-17(34-31-12(2)22)18(35-32-13(3)23)19(36-33-14(4)24)20(29-15)27-9-7-6-8-16(25)26-5/h6-9,15,17-20H,10H2,1-5H3/b8-6+,9-7+/t15-,17-,18+,19-,20-/m1/s1. The van der Waals surface area contributed by atoms with Crippen molar-refractivity contribution in [2.45, 2.75) is 58.4 Å². The molecule has 1 aliphatic rings. The summed E-state index contributed by atoms with van der Waals surface area (Å²) in [5.41, 5.74) is 0. The quantitative estimate of drug-likeness (QED) is 0.0787. The molecule has 0 unspecified atom stereocenters. The van der Waals surface area contributed by atoms with Gasteiger partial charge < -0.3 is 14.2 Å². The van der Waals surface area contributed by atoms with E-state index in [0.29, 0.717) is 0 Å². The summed E-state index contributed by atoms with van der Waals surface area (Å²) in [4.78, 5) is 94.3. The van der Waals surface area contributed by atoms with Crippen LogP contribution in [0.25, 0.3) is 0 Å². The molecule has 16 nitrogen and oxygen atoms in total. The van der Waals surface area contributed by atoms with Crippen LogP contribution in [0.1, 0.15) is 27.7 Å². The monoisotopic (exact) mass is 522 g/mol. The molecule has 0 saturated carbocycles. The first-order chi connectivity index (χ1) is 17.0. The molecule has 0 radical (unpaired) electrons. The zero-order chi connectivity index (χ0) is 27.1. The zero-order valence-corrected chi connectivity index (χ0v) is 19.9. The normalized spacial score (nSPS) is 23.6. The Morgan fingerprint density at radius 2 is 1.25 bits per heavy atom. The molecule has 16 heteroatoms. The summed E-state index contributed by atoms with van der Waals surface area (Å²) in [5, 5.41) is 0. The second kappa shape index (κ2) is 16.2. The van der Waals surface area contributed by atoms with Crippen molar-refractivity contribution in [2.75, 3.05) is 13.7 Å². The number of methoxy groups -OCH3 is 1. The third-order valence-electron chi connectivity index (χ3n) is 3.67. The molecule has 1 fully saturated rings. The van der Waals surface area contributed by atoms with Crippen LogP contribution in [-0.4, -0.2) is 74.3 Å². The molecule has 0 aliphatic carbocycles. The molecule has 1 saturated heterocycles. The fraction of sp³-hybridized carbons (Fsp3) is 0.550. The van der Waals surface area contributed by atoms with Gasteiger partial charge in [0.2, 0.25) is 6.29 Å². The first-order valence-electron chi connectivity index (χ1n) is 10.1. The first-order valence-corrected chi connectivity index (χ1v) is 10.1. The molecule has 1 rings (SSSR count). The molecular formula is C20H26O16. The topological polar surface area (TPSA) is 187 Å². The smallest absolute Gasteiger partial charge is 0.339 e. The van der Waals surface area contributed by atoms with E-state index in [1.165, 1.54) is 19.3 Å². The van der Waals surface area contributed by atoms with E-state index in [4.69, 9.17) is 29.0 Å². The van der Waals surface area contributed by atoms with Crippen molar-refractivity contribution in [2.24, 2.45) is 0 Å². The lowest BCUT2D eigenvalue weighted by Gasteiger charge is -2.41. The molecule has 0 amide bonds. The number of rotatable bonds is 13. The lowest BCUT2D eigenvalue weighted by molar-refractivity contribution is -0.454. The molecule has 0 N–H and O–H groups in total. The van der Waals surface area contributed by atoms with Crippen LogP contribution in [0.15, 0.2) is 24.5 Å². The van der Waals surface area contributed by atoms with Gasteiger partial charge in [-0.15, -0.1) is 0 Å². The van der Waals surface area contributed by atoms with E-state index in [1.807, 2.05) is 0 Å². The second-order valence-corrected chi connectivity index (χ2v) is 6.66. The molecule has 0 aromatic rings. The Morgan fingerprint density at radius 3 is 1.78 bits per heavy atom. The van der Waals surface area contributed by atoms with Gasteiger partial charge in [0.05, 0.1) is 13.4 Å². The molecule has 36 heavy (non-hydrogen) atoms. The van der Waals surface area contributed by atoms with Gasteiger partial charge in [-0.25, -0.2) is 24.0 Å². The molecular weight excluding hydrogens is 496 g/mol. The third kappa shape index (κ3) is 11.7. The maximum atomic E-state index is 11.4. The molecule has 5 atom stereocenters. The van der Waals surface area contributed by atoms with Gasteiger partial charge in [-0.2, -0.15) is 19.6 Å². The highest BCUT2D eigenvalue weighted by Gasteiger charge is 2.53. The molecule has 0 aromatic heterocycles. The lowest BCUT2D eigenvalue weighted by atomic mass is 9.99. The highest BCUT2D eigenvalue weighted by Crippen LogP contribution is 2.30. The molecule has 0 aromatic carbocycles. The van der Waals surface area contributed by atoms with E-state index in [-0.39, 0.29) is 0 Å². The van der Waals surface area contributed by atoms with Gasteiger partial charge >= 0.3 is 29.8 Å². The highest BCUT2D eigenvalue weighted by molar-refractivity contribution is 5.82. The van der Waals surface area contributed by atoms with Crippen molar-refractivity contribution in [3.8, 4) is 0 Å². The third-order valence-corrected chi connectivity index (χ3v) is 3.67. The van der Waals surface area contributed by atoms with Crippen molar-refractivity contribution in [3.05, 3.63) is 24.5 Å². The molecule has 0 spiro atoms. The van der Waals surface area contributed by atoms with Crippen molar-refractivity contribution in [1.29, 1.82) is 0 Å². The number of carbonyl (C=O) groups is 5. The molecule has 202 valence electrons. The van der Waals surface area contributed by atoms with Crippen molar-refractivity contribution < 1.29 is 77.3 Å². The Hall–Kier alpha value is -3.57. The van der Waals surface area contributed by atoms with Crippen LogP contribution >= 0.6 is 0 Å². The molecule has 0 bridgehead atoms. The Morgan fingerprint density at radius 1 is 0.722 bits per heavy atom. The predicted molar refractivity (Wildman–Crippen MR) is 108 cm³/mol. The summed E-state index contributed by atoms with van der Waals surface area (Å²) >= 11 is 0. The summed E-state index contributed by atoms with van der Waals surface area (Å²) in [5.74, 6) is -4.07. The minimum absolute atomic E-state index is 0.530. The number of hydrogen-bond acceptors (Lipinski definition) is 16. The predicted octanol–water partition coefficient (Wildman–Crippen LogP) is 0.0554. The number of hydrogen-bond donors (Lipinski definition) is 0. The van der Waals surface area contributed by atoms with Crippen LogP contribution in [-0.2, 0) is 77.3 Å². The van der Waals surface area contributed by atoms with Crippen LogP contribution in [0.5, 0.6) is 0 Å². The van der Waals surface area contributed by atoms with Gasteiger partial charge in [0, 0.05) is 33.8 Å². The van der Waals surface area contributed by atoms with Crippen LogP contribution in [0, 0.1) is 0 Å². The lowest BCUT2D eigenvalue weighted by Crippen LogP contribution is -2.62. The largest absolute Gasteiger partial charge is 0.469 e. The Labute approximate surface area is 204 Å². The summed E-state index contributed by atoms with van der Waals surface area (Å²) in [6.45, 7) is 3.62. The van der Waals surface area contributed by atoms with Gasteiger partial charge in [-0.05, 0) is 6.08 Å². The summed E-state index contributed by atoms with van der Waals surface area (Å²) < 4.78 is 15.6. The van der Waals surface area contributed by atoms with E-state index >= 15 is 0 Å². The van der Waals surface area contributed by atoms with Crippen LogP contribution in [0.2, 0.25) is 0 Å². The van der Waals surface area contributed by atoms with E-state index < -0.39 is 67.2 Å². The highest BCUT2D eigenvalue weighted by atomic mass is 17.3. The van der Waals surface area contributed by atoms with Crippen LogP contribution < -0.4 is 0 Å². The summed E-state index contributed by atoms with van der Waals surface area (Å²) in [6, 6.07) is 0. The average Bonchev–Trinajstić information content (AvgIpc) is 2.79. The first kappa shape index (κ1) is 30.5. The van der Waals surface area contributed by atoms with Crippen molar-refractivity contribution in [1.82, 2.24) is 0 Å². The fourth-order valence-electron chi connectivity index (χ4n) is 2.37. The van der Waals surface area contributed by atoms with E-state index in [9.17, 15) is 24.0 Å². The van der Waals surface area contributed by atoms with E-state index in [0.717, 1.165) is 40.0 Å². The average molecular weight is 522 g/mol. The minimum atomic E-state index is -1.55. The van der Waals surface area contributed by atoms with Gasteiger partial charge in [0.1, 0.15) is 12.7 Å². The number of esters is 1. The maximum Gasteiger partial charge on any atom is 0.339 e. The Kier molecular flexibility index (Phi) is 13.7. The minimum Gasteiger partial charge on any atom is -0.469 e. The fourth-order valence-corrected chi connectivity index (χ4v) is 2.37. The van der Waals surface area contributed by atoms with Gasteiger partial charge in [0.15, 0.2) is 18.3 Å². The van der Waals surface area contributed by atoms with Gasteiger partial charge in [-0.3, -0.25) is 19.6 Å². The van der Waals surface area contributed by atoms with Crippen molar-refractivity contribution >= 4 is 29.8 Å². The second-order valence-electron chi connectivity index (χ2n) is 6.66. The number of carbonyl (C=O) groups excluding carboxylic acids is 5. The number of allylic oxidation sites excluding steroid dienone is 2. The van der Waals surface area contributed by atoms with E-state index in [2.05, 4.69) is 24.3 Å². The summed E-state index contributed by atoms with van der Waals surface area (Å²) in [7, 11) is 1.19. The summed E-state index contributed by atoms with van der Waals surface area (Å²) in [6.07, 6.45) is -2.64. The van der Waals surface area contributed by atoms with E-state index in [1.54, 1.807) is 0 Å². The maximum absolute atomic E-state index is 11.4. The molecule has 1 heterocycles. The van der Waals surface area contributed by atoms with Gasteiger partial charge in [0.25, 0.3) is 0 Å². The van der Waals surface area contributed by atoms with Crippen LogP contribution in [0.4, 0.5) is 0 Å². The van der Waals surface area contributed by atoms with Gasteiger partial charge in [-0.1, -0.05) is 6.08 Å². The van der Waals surface area contributed by atoms with Crippen molar-refractivity contribution in [3.63, 3.8) is 0 Å². The SMILES string of the molecule is COC(=O)/C=C/C=C/O[C@@H]1O[C@H](COOC(C)=O)[C@@H](OOC(C)=O)[C@H](OOC(C)=O)[C@H]1OOC(C)=O.